The minimum absolute atomic E-state index is 0.00884. The molecule has 0 saturated carbocycles. The highest BCUT2D eigenvalue weighted by molar-refractivity contribution is 5.88. The Morgan fingerprint density at radius 1 is 1.13 bits per heavy atom. The standard InChI is InChI=1S/C22H37N5O4/c1-3-15(2)20(21(31)26-17(14-28)7-5-13-25-22(23)24)27-19(30)8-4-6-16-9-11-18(29)12-10-16/h9-12,15,17,20,28-29H,3-8,13-14H2,1-2H3,(H,26,31)(H,27,30)(H4,23,24,25). The molecule has 8 N–H and O–H groups in total. The van der Waals surface area contributed by atoms with Gasteiger partial charge in [0.15, 0.2) is 5.96 Å². The Hall–Kier alpha value is -2.81. The molecule has 0 bridgehead atoms. The van der Waals surface area contributed by atoms with Crippen LogP contribution in [0.5, 0.6) is 5.75 Å². The third-order valence-corrected chi connectivity index (χ3v) is 5.19. The highest BCUT2D eigenvalue weighted by Crippen LogP contribution is 2.13. The van der Waals surface area contributed by atoms with Gasteiger partial charge < -0.3 is 32.3 Å². The fourth-order valence-corrected chi connectivity index (χ4v) is 3.11. The monoisotopic (exact) mass is 435 g/mol. The van der Waals surface area contributed by atoms with Crippen LogP contribution in [0, 0.1) is 5.92 Å². The van der Waals surface area contributed by atoms with E-state index in [4.69, 9.17) is 11.5 Å². The molecule has 1 aromatic carbocycles. The van der Waals surface area contributed by atoms with E-state index in [-0.39, 0.29) is 36.0 Å². The number of rotatable bonds is 14. The molecule has 9 heteroatoms. The molecule has 0 fully saturated rings. The van der Waals surface area contributed by atoms with Crippen LogP contribution in [0.15, 0.2) is 29.3 Å². The second kappa shape index (κ2) is 14.2. The largest absolute Gasteiger partial charge is 0.508 e. The minimum atomic E-state index is -0.669. The van der Waals surface area contributed by atoms with Crippen LogP contribution in [0.25, 0.3) is 0 Å². The number of benzene rings is 1. The summed E-state index contributed by atoms with van der Waals surface area (Å²) in [6.07, 6.45) is 3.49. The summed E-state index contributed by atoms with van der Waals surface area (Å²) in [5.41, 5.74) is 11.6. The van der Waals surface area contributed by atoms with Gasteiger partial charge in [-0.15, -0.1) is 0 Å². The summed E-state index contributed by atoms with van der Waals surface area (Å²) in [7, 11) is 0. The van der Waals surface area contributed by atoms with Crippen molar-refractivity contribution in [1.29, 1.82) is 0 Å². The van der Waals surface area contributed by atoms with Crippen molar-refractivity contribution < 1.29 is 19.8 Å². The normalized spacial score (nSPS) is 13.6. The number of phenolic OH excluding ortho intramolecular Hbond substituents is 1. The molecule has 0 saturated heterocycles. The predicted molar refractivity (Wildman–Crippen MR) is 121 cm³/mol. The zero-order chi connectivity index (χ0) is 23.2. The van der Waals surface area contributed by atoms with E-state index in [0.29, 0.717) is 38.6 Å². The SMILES string of the molecule is CCC(C)C(NC(=O)CCCc1ccc(O)cc1)C(=O)NC(CO)CCCN=C(N)N. The third-order valence-electron chi connectivity index (χ3n) is 5.19. The summed E-state index contributed by atoms with van der Waals surface area (Å²) in [5, 5.41) is 24.6. The van der Waals surface area contributed by atoms with Crippen LogP contribution < -0.4 is 22.1 Å². The lowest BCUT2D eigenvalue weighted by Crippen LogP contribution is -2.53. The summed E-state index contributed by atoms with van der Waals surface area (Å²) in [6.45, 7) is 4.08. The maximum atomic E-state index is 12.8. The molecule has 9 nitrogen and oxygen atoms in total. The molecular formula is C22H37N5O4. The van der Waals surface area contributed by atoms with E-state index in [2.05, 4.69) is 15.6 Å². The van der Waals surface area contributed by atoms with Crippen LogP contribution in [-0.4, -0.2) is 53.2 Å². The van der Waals surface area contributed by atoms with E-state index < -0.39 is 12.1 Å². The Kier molecular flexibility index (Phi) is 12.0. The van der Waals surface area contributed by atoms with E-state index in [9.17, 15) is 19.8 Å². The van der Waals surface area contributed by atoms with Gasteiger partial charge in [0.25, 0.3) is 0 Å². The number of hydrogen-bond donors (Lipinski definition) is 6. The van der Waals surface area contributed by atoms with E-state index in [1.54, 1.807) is 12.1 Å². The quantitative estimate of drug-likeness (QED) is 0.144. The van der Waals surface area contributed by atoms with E-state index in [1.165, 1.54) is 0 Å². The van der Waals surface area contributed by atoms with Crippen LogP contribution in [0.2, 0.25) is 0 Å². The highest BCUT2D eigenvalue weighted by atomic mass is 16.3. The van der Waals surface area contributed by atoms with Crippen LogP contribution in [0.4, 0.5) is 0 Å². The van der Waals surface area contributed by atoms with E-state index in [0.717, 1.165) is 12.0 Å². The van der Waals surface area contributed by atoms with Crippen LogP contribution in [0.3, 0.4) is 0 Å². The lowest BCUT2D eigenvalue weighted by molar-refractivity contribution is -0.131. The molecule has 2 amide bonds. The fraction of sp³-hybridized carbons (Fsp3) is 0.591. The van der Waals surface area contributed by atoms with Gasteiger partial charge in [0.2, 0.25) is 11.8 Å². The number of aliphatic hydroxyl groups excluding tert-OH is 1. The maximum Gasteiger partial charge on any atom is 0.243 e. The smallest absolute Gasteiger partial charge is 0.243 e. The van der Waals surface area contributed by atoms with Crippen molar-refractivity contribution in [2.75, 3.05) is 13.2 Å². The number of nitrogens with two attached hydrogens (primary N) is 2. The number of amides is 2. The number of carbonyl (C=O) groups excluding carboxylic acids is 2. The summed E-state index contributed by atoms with van der Waals surface area (Å²) in [4.78, 5) is 29.1. The average molecular weight is 436 g/mol. The topological polar surface area (TPSA) is 163 Å². The van der Waals surface area contributed by atoms with Crippen LogP contribution in [-0.2, 0) is 16.0 Å². The van der Waals surface area contributed by atoms with Crippen molar-refractivity contribution in [1.82, 2.24) is 10.6 Å². The molecule has 0 aliphatic heterocycles. The first-order valence-corrected chi connectivity index (χ1v) is 10.8. The Morgan fingerprint density at radius 2 is 1.81 bits per heavy atom. The Morgan fingerprint density at radius 3 is 2.39 bits per heavy atom. The first-order chi connectivity index (χ1) is 14.8. The summed E-state index contributed by atoms with van der Waals surface area (Å²) in [6, 6.07) is 5.79. The number of nitrogens with zero attached hydrogens (tertiary/aromatic N) is 1. The molecule has 0 spiro atoms. The van der Waals surface area contributed by atoms with Crippen LogP contribution >= 0.6 is 0 Å². The average Bonchev–Trinajstić information content (AvgIpc) is 2.74. The summed E-state index contributed by atoms with van der Waals surface area (Å²) in [5.74, 6) is -0.326. The van der Waals surface area contributed by atoms with Gasteiger partial charge in [-0.25, -0.2) is 0 Å². The molecule has 0 heterocycles. The molecule has 1 rings (SSSR count). The van der Waals surface area contributed by atoms with Gasteiger partial charge in [0, 0.05) is 13.0 Å². The zero-order valence-corrected chi connectivity index (χ0v) is 18.5. The molecule has 3 unspecified atom stereocenters. The Balaban J connectivity index is 2.55. The van der Waals surface area contributed by atoms with Crippen molar-refractivity contribution in [2.24, 2.45) is 22.4 Å². The third kappa shape index (κ3) is 10.7. The van der Waals surface area contributed by atoms with Crippen molar-refractivity contribution >= 4 is 17.8 Å². The van der Waals surface area contributed by atoms with Crippen molar-refractivity contribution in [2.45, 2.75) is 64.5 Å². The van der Waals surface area contributed by atoms with Gasteiger partial charge in [-0.1, -0.05) is 32.4 Å². The van der Waals surface area contributed by atoms with Gasteiger partial charge >= 0.3 is 0 Å². The molecule has 174 valence electrons. The van der Waals surface area contributed by atoms with E-state index in [1.807, 2.05) is 26.0 Å². The number of nitrogens with one attached hydrogen (secondary N) is 2. The van der Waals surface area contributed by atoms with Gasteiger partial charge in [0.1, 0.15) is 11.8 Å². The number of hydrogen-bond acceptors (Lipinski definition) is 5. The number of carbonyl (C=O) groups is 2. The second-order valence-electron chi connectivity index (χ2n) is 7.79. The second-order valence-corrected chi connectivity index (χ2v) is 7.79. The maximum absolute atomic E-state index is 12.8. The number of aromatic hydroxyl groups is 1. The predicted octanol–water partition coefficient (Wildman–Crippen LogP) is 0.777. The number of phenols is 1. The van der Waals surface area contributed by atoms with Gasteiger partial charge in [0.05, 0.1) is 12.6 Å². The van der Waals surface area contributed by atoms with Gasteiger partial charge in [-0.3, -0.25) is 14.6 Å². The van der Waals surface area contributed by atoms with Gasteiger partial charge in [-0.05, 0) is 49.3 Å². The van der Waals surface area contributed by atoms with E-state index >= 15 is 0 Å². The lowest BCUT2D eigenvalue weighted by atomic mass is 9.97. The molecule has 1 aromatic rings. The van der Waals surface area contributed by atoms with Crippen molar-refractivity contribution in [3.05, 3.63) is 29.8 Å². The summed E-state index contributed by atoms with van der Waals surface area (Å²) < 4.78 is 0. The highest BCUT2D eigenvalue weighted by Gasteiger charge is 2.27. The molecular weight excluding hydrogens is 398 g/mol. The molecule has 0 radical (unpaired) electrons. The Labute approximate surface area is 184 Å². The number of aryl methyl sites for hydroxylation is 1. The lowest BCUT2D eigenvalue weighted by Gasteiger charge is -2.26. The molecule has 0 aliphatic carbocycles. The van der Waals surface area contributed by atoms with Crippen molar-refractivity contribution in [3.8, 4) is 5.75 Å². The first kappa shape index (κ1) is 26.2. The Bertz CT molecular complexity index is 704. The van der Waals surface area contributed by atoms with Gasteiger partial charge in [-0.2, -0.15) is 0 Å². The molecule has 31 heavy (non-hydrogen) atoms. The molecule has 0 aliphatic rings. The fourth-order valence-electron chi connectivity index (χ4n) is 3.11. The molecule has 0 aromatic heterocycles. The number of aliphatic imine (C=N–C) groups is 1. The zero-order valence-electron chi connectivity index (χ0n) is 18.5. The van der Waals surface area contributed by atoms with Crippen molar-refractivity contribution in [3.63, 3.8) is 0 Å². The minimum Gasteiger partial charge on any atom is -0.508 e. The van der Waals surface area contributed by atoms with Crippen LogP contribution in [0.1, 0.15) is 51.5 Å². The summed E-state index contributed by atoms with van der Waals surface area (Å²) >= 11 is 0. The first-order valence-electron chi connectivity index (χ1n) is 10.8. The molecule has 3 atom stereocenters. The number of guanidine groups is 1. The number of aliphatic hydroxyl groups is 1.